The number of rotatable bonds is 0. The minimum absolute atomic E-state index is 0.425. The third-order valence-corrected chi connectivity index (χ3v) is 2.72. The molecular formula is C11H15NO. The van der Waals surface area contributed by atoms with Gasteiger partial charge in [0.15, 0.2) is 0 Å². The first kappa shape index (κ1) is 8.57. The quantitative estimate of drug-likeness (QED) is 0.652. The summed E-state index contributed by atoms with van der Waals surface area (Å²) in [4.78, 5) is 2.27. The number of aryl methyl sites for hydroxylation is 1. The Morgan fingerprint density at radius 1 is 1.31 bits per heavy atom. The van der Waals surface area contributed by atoms with Crippen LogP contribution in [0.15, 0.2) is 12.1 Å². The number of benzene rings is 1. The predicted molar refractivity (Wildman–Crippen MR) is 52.9 cm³/mol. The highest BCUT2D eigenvalue weighted by Crippen LogP contribution is 2.25. The molecule has 1 aliphatic heterocycles. The van der Waals surface area contributed by atoms with Crippen molar-refractivity contribution in [3.05, 3.63) is 28.8 Å². The number of fused-ring (bicyclic) bond motifs is 1. The first-order chi connectivity index (χ1) is 6.16. The third-order valence-electron chi connectivity index (χ3n) is 2.72. The molecule has 1 aromatic rings. The van der Waals surface area contributed by atoms with Gasteiger partial charge < -0.3 is 10.0 Å². The van der Waals surface area contributed by atoms with E-state index in [1.807, 2.05) is 13.0 Å². The summed E-state index contributed by atoms with van der Waals surface area (Å²) in [5.74, 6) is 0.425. The number of phenols is 1. The zero-order valence-corrected chi connectivity index (χ0v) is 8.17. The summed E-state index contributed by atoms with van der Waals surface area (Å²) in [5, 5.41) is 9.54. The van der Waals surface area contributed by atoms with E-state index >= 15 is 0 Å². The molecule has 0 saturated heterocycles. The Hall–Kier alpha value is -1.02. The molecule has 0 atom stereocenters. The fourth-order valence-electron chi connectivity index (χ4n) is 1.86. The van der Waals surface area contributed by atoms with Crippen LogP contribution in [0, 0.1) is 6.92 Å². The molecule has 1 heterocycles. The summed E-state index contributed by atoms with van der Waals surface area (Å²) in [7, 11) is 2.11. The highest BCUT2D eigenvalue weighted by Gasteiger charge is 2.14. The lowest BCUT2D eigenvalue weighted by Crippen LogP contribution is -2.26. The van der Waals surface area contributed by atoms with Gasteiger partial charge in [0.25, 0.3) is 0 Å². The molecule has 0 spiro atoms. The smallest absolute Gasteiger partial charge is 0.118 e. The van der Waals surface area contributed by atoms with Crippen molar-refractivity contribution < 1.29 is 5.11 Å². The van der Waals surface area contributed by atoms with Crippen molar-refractivity contribution in [1.82, 2.24) is 4.90 Å². The lowest BCUT2D eigenvalue weighted by atomic mass is 9.97. The van der Waals surface area contributed by atoms with Gasteiger partial charge in [-0.2, -0.15) is 0 Å². The van der Waals surface area contributed by atoms with Gasteiger partial charge >= 0.3 is 0 Å². The molecule has 70 valence electrons. The largest absolute Gasteiger partial charge is 0.508 e. The molecular weight excluding hydrogens is 162 g/mol. The van der Waals surface area contributed by atoms with Gasteiger partial charge in [-0.05, 0) is 43.1 Å². The first-order valence-electron chi connectivity index (χ1n) is 4.67. The van der Waals surface area contributed by atoms with E-state index in [1.54, 1.807) is 0 Å². The lowest BCUT2D eigenvalue weighted by Gasteiger charge is -2.25. The SMILES string of the molecule is Cc1cc2c(cc1O)CN(C)CC2. The highest BCUT2D eigenvalue weighted by atomic mass is 16.3. The number of likely N-dealkylation sites (N-methyl/N-ethyl adjacent to an activating group) is 1. The Kier molecular flexibility index (Phi) is 2.00. The van der Waals surface area contributed by atoms with Crippen molar-refractivity contribution in [3.8, 4) is 5.75 Å². The van der Waals surface area contributed by atoms with E-state index in [-0.39, 0.29) is 0 Å². The molecule has 0 bridgehead atoms. The fourth-order valence-corrected chi connectivity index (χ4v) is 1.86. The maximum atomic E-state index is 9.54. The van der Waals surface area contributed by atoms with E-state index in [0.29, 0.717) is 5.75 Å². The molecule has 0 aromatic heterocycles. The predicted octanol–water partition coefficient (Wildman–Crippen LogP) is 1.69. The van der Waals surface area contributed by atoms with E-state index in [0.717, 1.165) is 25.1 Å². The summed E-state index contributed by atoms with van der Waals surface area (Å²) >= 11 is 0. The molecule has 0 aliphatic carbocycles. The topological polar surface area (TPSA) is 23.5 Å². The zero-order chi connectivity index (χ0) is 9.42. The van der Waals surface area contributed by atoms with Crippen LogP contribution in [0.1, 0.15) is 16.7 Å². The fraction of sp³-hybridized carbons (Fsp3) is 0.455. The highest BCUT2D eigenvalue weighted by molar-refractivity contribution is 5.42. The molecule has 0 radical (unpaired) electrons. The van der Waals surface area contributed by atoms with Crippen LogP contribution in [0.5, 0.6) is 5.75 Å². The van der Waals surface area contributed by atoms with E-state index in [9.17, 15) is 5.11 Å². The Morgan fingerprint density at radius 3 is 2.85 bits per heavy atom. The summed E-state index contributed by atoms with van der Waals surface area (Å²) in [6, 6.07) is 4.01. The van der Waals surface area contributed by atoms with Crippen molar-refractivity contribution in [2.45, 2.75) is 19.9 Å². The summed E-state index contributed by atoms with van der Waals surface area (Å²) < 4.78 is 0. The molecule has 1 N–H and O–H groups in total. The van der Waals surface area contributed by atoms with Crippen molar-refractivity contribution in [3.63, 3.8) is 0 Å². The standard InChI is InChI=1S/C11H15NO/c1-8-5-9-3-4-12(2)7-10(9)6-11(8)13/h5-6,13H,3-4,7H2,1-2H3. The van der Waals surface area contributed by atoms with Crippen LogP contribution in [-0.2, 0) is 13.0 Å². The normalized spacial score (nSPS) is 17.1. The average molecular weight is 177 g/mol. The Balaban J connectivity index is 2.43. The summed E-state index contributed by atoms with van der Waals surface area (Å²) in [6.45, 7) is 4.04. The molecule has 2 nitrogen and oxygen atoms in total. The van der Waals surface area contributed by atoms with Gasteiger partial charge in [-0.1, -0.05) is 6.07 Å². The average Bonchev–Trinajstić information content (AvgIpc) is 2.08. The van der Waals surface area contributed by atoms with Gasteiger partial charge in [-0.25, -0.2) is 0 Å². The van der Waals surface area contributed by atoms with E-state index in [2.05, 4.69) is 18.0 Å². The Bertz CT molecular complexity index is 333. The number of nitrogens with zero attached hydrogens (tertiary/aromatic N) is 1. The van der Waals surface area contributed by atoms with Gasteiger partial charge in [0.1, 0.15) is 5.75 Å². The Labute approximate surface area is 78.8 Å². The maximum Gasteiger partial charge on any atom is 0.118 e. The van der Waals surface area contributed by atoms with Crippen LogP contribution in [0.25, 0.3) is 0 Å². The monoisotopic (exact) mass is 177 g/mol. The van der Waals surface area contributed by atoms with E-state index in [1.165, 1.54) is 11.1 Å². The van der Waals surface area contributed by atoms with Crippen LogP contribution in [-0.4, -0.2) is 23.6 Å². The maximum absolute atomic E-state index is 9.54. The van der Waals surface area contributed by atoms with Crippen molar-refractivity contribution in [1.29, 1.82) is 0 Å². The summed E-state index contributed by atoms with van der Waals surface area (Å²) in [6.07, 6.45) is 1.10. The molecule has 0 amide bonds. The number of phenolic OH excluding ortho intramolecular Hbond substituents is 1. The van der Waals surface area contributed by atoms with Gasteiger partial charge in [0.05, 0.1) is 0 Å². The van der Waals surface area contributed by atoms with E-state index in [4.69, 9.17) is 0 Å². The molecule has 2 rings (SSSR count). The molecule has 1 aliphatic rings. The van der Waals surface area contributed by atoms with Gasteiger partial charge in [0, 0.05) is 13.1 Å². The summed E-state index contributed by atoms with van der Waals surface area (Å²) in [5.41, 5.74) is 3.66. The molecule has 0 unspecified atom stereocenters. The Morgan fingerprint density at radius 2 is 2.08 bits per heavy atom. The number of aromatic hydroxyl groups is 1. The third kappa shape index (κ3) is 1.54. The second kappa shape index (κ2) is 3.04. The number of hydrogen-bond acceptors (Lipinski definition) is 2. The molecule has 1 aromatic carbocycles. The molecule has 0 fully saturated rings. The van der Waals surface area contributed by atoms with Crippen molar-refractivity contribution in [2.24, 2.45) is 0 Å². The van der Waals surface area contributed by atoms with Crippen molar-refractivity contribution in [2.75, 3.05) is 13.6 Å². The first-order valence-corrected chi connectivity index (χ1v) is 4.67. The molecule has 13 heavy (non-hydrogen) atoms. The van der Waals surface area contributed by atoms with Crippen LogP contribution in [0.3, 0.4) is 0 Å². The van der Waals surface area contributed by atoms with Crippen LogP contribution < -0.4 is 0 Å². The van der Waals surface area contributed by atoms with Crippen LogP contribution in [0.2, 0.25) is 0 Å². The van der Waals surface area contributed by atoms with Crippen LogP contribution in [0.4, 0.5) is 0 Å². The minimum atomic E-state index is 0.425. The van der Waals surface area contributed by atoms with Gasteiger partial charge in [-0.15, -0.1) is 0 Å². The van der Waals surface area contributed by atoms with Gasteiger partial charge in [0.2, 0.25) is 0 Å². The second-order valence-corrected chi connectivity index (χ2v) is 3.90. The molecule has 2 heteroatoms. The van der Waals surface area contributed by atoms with Crippen molar-refractivity contribution >= 4 is 0 Å². The lowest BCUT2D eigenvalue weighted by molar-refractivity contribution is 0.312. The van der Waals surface area contributed by atoms with E-state index < -0.39 is 0 Å². The second-order valence-electron chi connectivity index (χ2n) is 3.90. The molecule has 0 saturated carbocycles. The van der Waals surface area contributed by atoms with Gasteiger partial charge in [-0.3, -0.25) is 0 Å². The van der Waals surface area contributed by atoms with Crippen LogP contribution >= 0.6 is 0 Å². The minimum Gasteiger partial charge on any atom is -0.508 e. The number of hydrogen-bond donors (Lipinski definition) is 1. The zero-order valence-electron chi connectivity index (χ0n) is 8.17.